The number of anilines is 1. The fourth-order valence-electron chi connectivity index (χ4n) is 2.42. The molecule has 1 aromatic carbocycles. The fourth-order valence-corrected chi connectivity index (χ4v) is 2.73. The Morgan fingerprint density at radius 3 is 2.14 bits per heavy atom. The van der Waals surface area contributed by atoms with E-state index < -0.39 is 0 Å². The van der Waals surface area contributed by atoms with Gasteiger partial charge in [0.1, 0.15) is 0 Å². The number of thiocarbonyl (C=S) groups is 1. The molecule has 1 aliphatic rings. The minimum Gasteiger partial charge on any atom is -0.493 e. The van der Waals surface area contributed by atoms with Crippen molar-refractivity contribution in [2.45, 2.75) is 18.9 Å². The van der Waals surface area contributed by atoms with Gasteiger partial charge in [-0.2, -0.15) is 0 Å². The number of aliphatic hydroxyl groups is 1. The molecule has 1 heterocycles. The summed E-state index contributed by atoms with van der Waals surface area (Å²) in [6.45, 7) is 1.49. The van der Waals surface area contributed by atoms with Gasteiger partial charge in [-0.05, 0) is 25.1 Å². The first-order valence-corrected chi connectivity index (χ1v) is 7.53. The lowest BCUT2D eigenvalue weighted by Gasteiger charge is -2.31. The summed E-state index contributed by atoms with van der Waals surface area (Å²) in [5.41, 5.74) is 0.769. The molecule has 0 saturated carbocycles. The predicted molar refractivity (Wildman–Crippen MR) is 89.1 cm³/mol. The van der Waals surface area contributed by atoms with E-state index in [1.807, 2.05) is 17.0 Å². The normalized spacial score (nSPS) is 15.4. The molecule has 1 fully saturated rings. The minimum atomic E-state index is -0.222. The van der Waals surface area contributed by atoms with Crippen LogP contribution < -0.4 is 19.5 Å². The number of piperidine rings is 1. The van der Waals surface area contributed by atoms with Gasteiger partial charge in [0.2, 0.25) is 5.75 Å². The van der Waals surface area contributed by atoms with Gasteiger partial charge in [0.05, 0.1) is 27.4 Å². The summed E-state index contributed by atoms with van der Waals surface area (Å²) < 4.78 is 15.9. The van der Waals surface area contributed by atoms with Crippen molar-refractivity contribution >= 4 is 23.0 Å². The maximum Gasteiger partial charge on any atom is 0.203 e. The van der Waals surface area contributed by atoms with Gasteiger partial charge in [-0.25, -0.2) is 0 Å². The number of aliphatic hydroxyl groups excluding tert-OH is 1. The Morgan fingerprint density at radius 2 is 1.68 bits per heavy atom. The average Bonchev–Trinajstić information content (AvgIpc) is 2.54. The number of hydrogen-bond donors (Lipinski definition) is 2. The van der Waals surface area contributed by atoms with Crippen molar-refractivity contribution in [1.29, 1.82) is 0 Å². The number of likely N-dealkylation sites (tertiary alicyclic amines) is 1. The second-order valence-electron chi connectivity index (χ2n) is 5.06. The van der Waals surface area contributed by atoms with E-state index in [0.29, 0.717) is 22.4 Å². The number of ether oxygens (including phenoxy) is 3. The summed E-state index contributed by atoms with van der Waals surface area (Å²) in [5.74, 6) is 1.69. The highest BCUT2D eigenvalue weighted by molar-refractivity contribution is 7.80. The summed E-state index contributed by atoms with van der Waals surface area (Å²) >= 11 is 5.44. The van der Waals surface area contributed by atoms with Gasteiger partial charge >= 0.3 is 0 Å². The Kier molecular flexibility index (Phi) is 5.68. The van der Waals surface area contributed by atoms with Crippen LogP contribution in [0.15, 0.2) is 12.1 Å². The summed E-state index contributed by atoms with van der Waals surface area (Å²) in [5, 5.41) is 13.4. The predicted octanol–water partition coefficient (Wildman–Crippen LogP) is 1.87. The van der Waals surface area contributed by atoms with E-state index in [1.165, 1.54) is 0 Å². The van der Waals surface area contributed by atoms with Crippen LogP contribution in [0.4, 0.5) is 5.69 Å². The molecular formula is C15H22N2O4S. The van der Waals surface area contributed by atoms with E-state index in [-0.39, 0.29) is 6.10 Å². The highest BCUT2D eigenvalue weighted by atomic mass is 32.1. The monoisotopic (exact) mass is 326 g/mol. The molecule has 0 radical (unpaired) electrons. The molecular weight excluding hydrogens is 304 g/mol. The third-order valence-corrected chi connectivity index (χ3v) is 4.03. The van der Waals surface area contributed by atoms with Crippen LogP contribution in [0.5, 0.6) is 17.2 Å². The Morgan fingerprint density at radius 1 is 1.14 bits per heavy atom. The van der Waals surface area contributed by atoms with E-state index in [1.54, 1.807) is 21.3 Å². The molecule has 2 N–H and O–H groups in total. The van der Waals surface area contributed by atoms with Crippen molar-refractivity contribution in [3.8, 4) is 17.2 Å². The van der Waals surface area contributed by atoms with Crippen LogP contribution in [0, 0.1) is 0 Å². The highest BCUT2D eigenvalue weighted by Crippen LogP contribution is 2.40. The molecule has 0 aromatic heterocycles. The fraction of sp³-hybridized carbons (Fsp3) is 0.533. The third kappa shape index (κ3) is 3.72. The summed E-state index contributed by atoms with van der Waals surface area (Å²) in [6, 6.07) is 3.62. The van der Waals surface area contributed by atoms with Crippen molar-refractivity contribution in [2.24, 2.45) is 0 Å². The average molecular weight is 326 g/mol. The maximum absolute atomic E-state index is 9.56. The number of benzene rings is 1. The quantitative estimate of drug-likeness (QED) is 0.819. The third-order valence-electron chi connectivity index (χ3n) is 3.67. The van der Waals surface area contributed by atoms with Crippen LogP contribution in [0.25, 0.3) is 0 Å². The molecule has 0 aliphatic carbocycles. The molecule has 0 amide bonds. The zero-order chi connectivity index (χ0) is 16.1. The molecule has 6 nitrogen and oxygen atoms in total. The molecule has 0 unspecified atom stereocenters. The Balaban J connectivity index is 2.13. The van der Waals surface area contributed by atoms with Gasteiger partial charge < -0.3 is 29.5 Å². The number of nitrogens with one attached hydrogen (secondary N) is 1. The molecule has 0 spiro atoms. The lowest BCUT2D eigenvalue weighted by Crippen LogP contribution is -2.42. The molecule has 7 heteroatoms. The summed E-state index contributed by atoms with van der Waals surface area (Å²) in [4.78, 5) is 2.05. The van der Waals surface area contributed by atoms with Gasteiger partial charge in [-0.1, -0.05) is 0 Å². The molecule has 1 aliphatic heterocycles. The Labute approximate surface area is 136 Å². The van der Waals surface area contributed by atoms with Crippen molar-refractivity contribution < 1.29 is 19.3 Å². The largest absolute Gasteiger partial charge is 0.493 e. The number of nitrogens with zero attached hydrogens (tertiary/aromatic N) is 1. The van der Waals surface area contributed by atoms with Crippen molar-refractivity contribution in [1.82, 2.24) is 4.90 Å². The van der Waals surface area contributed by atoms with Crippen LogP contribution in [-0.2, 0) is 0 Å². The Hall–Kier alpha value is -1.73. The van der Waals surface area contributed by atoms with Gasteiger partial charge in [-0.3, -0.25) is 0 Å². The smallest absolute Gasteiger partial charge is 0.203 e. The summed E-state index contributed by atoms with van der Waals surface area (Å²) in [6.07, 6.45) is 1.24. The molecule has 1 aromatic rings. The molecule has 0 atom stereocenters. The zero-order valence-corrected chi connectivity index (χ0v) is 13.9. The van der Waals surface area contributed by atoms with Gasteiger partial charge in [0.15, 0.2) is 16.6 Å². The van der Waals surface area contributed by atoms with Gasteiger partial charge in [0.25, 0.3) is 0 Å². The van der Waals surface area contributed by atoms with Crippen molar-refractivity contribution in [2.75, 3.05) is 39.7 Å². The summed E-state index contributed by atoms with van der Waals surface area (Å²) in [7, 11) is 4.72. The lowest BCUT2D eigenvalue weighted by molar-refractivity contribution is 0.110. The first-order chi connectivity index (χ1) is 10.6. The highest BCUT2D eigenvalue weighted by Gasteiger charge is 2.20. The number of rotatable bonds is 4. The van der Waals surface area contributed by atoms with E-state index in [2.05, 4.69) is 5.32 Å². The number of hydrogen-bond acceptors (Lipinski definition) is 5. The lowest BCUT2D eigenvalue weighted by atomic mass is 10.1. The molecule has 0 bridgehead atoms. The van der Waals surface area contributed by atoms with E-state index >= 15 is 0 Å². The van der Waals surface area contributed by atoms with Crippen molar-refractivity contribution in [3.05, 3.63) is 12.1 Å². The topological polar surface area (TPSA) is 63.2 Å². The second kappa shape index (κ2) is 7.51. The SMILES string of the molecule is COc1cc(NC(=S)N2CCC(O)CC2)cc(OC)c1OC. The molecule has 122 valence electrons. The zero-order valence-electron chi connectivity index (χ0n) is 13.1. The number of methoxy groups -OCH3 is 3. The van der Waals surface area contributed by atoms with E-state index in [9.17, 15) is 5.11 Å². The van der Waals surface area contributed by atoms with Crippen LogP contribution >= 0.6 is 12.2 Å². The molecule has 1 saturated heterocycles. The van der Waals surface area contributed by atoms with E-state index in [4.69, 9.17) is 26.4 Å². The molecule has 22 heavy (non-hydrogen) atoms. The Bertz CT molecular complexity index is 505. The van der Waals surface area contributed by atoms with Crippen molar-refractivity contribution in [3.63, 3.8) is 0 Å². The minimum absolute atomic E-state index is 0.222. The van der Waals surface area contributed by atoms with Crippen LogP contribution in [0.2, 0.25) is 0 Å². The first kappa shape index (κ1) is 16.6. The van der Waals surface area contributed by atoms with Crippen LogP contribution in [-0.4, -0.2) is 55.6 Å². The van der Waals surface area contributed by atoms with Gasteiger partial charge in [0, 0.05) is 30.9 Å². The van der Waals surface area contributed by atoms with Crippen LogP contribution in [0.3, 0.4) is 0 Å². The second-order valence-corrected chi connectivity index (χ2v) is 5.45. The first-order valence-electron chi connectivity index (χ1n) is 7.13. The van der Waals surface area contributed by atoms with E-state index in [0.717, 1.165) is 31.6 Å². The standard InChI is InChI=1S/C15H22N2O4S/c1-19-12-8-10(9-13(20-2)14(12)21-3)16-15(22)17-6-4-11(18)5-7-17/h8-9,11,18H,4-7H2,1-3H3,(H,16,22). The van der Waals surface area contributed by atoms with Gasteiger partial charge in [-0.15, -0.1) is 0 Å². The molecule has 2 rings (SSSR count). The van der Waals surface area contributed by atoms with Crippen LogP contribution in [0.1, 0.15) is 12.8 Å². The maximum atomic E-state index is 9.56.